The van der Waals surface area contributed by atoms with Crippen LogP contribution >= 0.6 is 0 Å². The summed E-state index contributed by atoms with van der Waals surface area (Å²) in [5.41, 5.74) is 0.687. The summed E-state index contributed by atoms with van der Waals surface area (Å²) in [5.74, 6) is 0.783. The van der Waals surface area contributed by atoms with Crippen molar-refractivity contribution in [3.63, 3.8) is 0 Å². The van der Waals surface area contributed by atoms with Crippen LogP contribution in [-0.2, 0) is 11.2 Å². The standard InChI is InChI=1S/C12H21N5O/c1-17-6-3-10(4-7-17)2-5-13-12(18)8-11-9-14-16-15-11/h9-10H,2-8H2,1H3,(H,13,18)(H,14,15,16). The summed E-state index contributed by atoms with van der Waals surface area (Å²) in [7, 11) is 2.16. The Hall–Kier alpha value is -1.43. The minimum absolute atomic E-state index is 0.0248. The second kappa shape index (κ2) is 6.49. The van der Waals surface area contributed by atoms with E-state index in [-0.39, 0.29) is 5.91 Å². The summed E-state index contributed by atoms with van der Waals surface area (Å²) in [4.78, 5) is 14.0. The van der Waals surface area contributed by atoms with E-state index >= 15 is 0 Å². The molecule has 100 valence electrons. The zero-order valence-electron chi connectivity index (χ0n) is 10.9. The molecule has 1 aromatic rings. The van der Waals surface area contributed by atoms with E-state index in [4.69, 9.17) is 0 Å². The molecule has 2 N–H and O–H groups in total. The van der Waals surface area contributed by atoms with Gasteiger partial charge >= 0.3 is 0 Å². The fraction of sp³-hybridized carbons (Fsp3) is 0.750. The van der Waals surface area contributed by atoms with Gasteiger partial charge in [0, 0.05) is 6.54 Å². The fourth-order valence-electron chi connectivity index (χ4n) is 2.30. The number of H-pyrrole nitrogens is 1. The van der Waals surface area contributed by atoms with Gasteiger partial charge in [0.25, 0.3) is 0 Å². The summed E-state index contributed by atoms with van der Waals surface area (Å²) in [5, 5.41) is 13.0. The Labute approximate surface area is 107 Å². The maximum Gasteiger partial charge on any atom is 0.226 e. The van der Waals surface area contributed by atoms with Crippen molar-refractivity contribution >= 4 is 5.91 Å². The van der Waals surface area contributed by atoms with Gasteiger partial charge in [-0.25, -0.2) is 0 Å². The number of carbonyl (C=O) groups is 1. The van der Waals surface area contributed by atoms with Gasteiger partial charge in [0.2, 0.25) is 5.91 Å². The first kappa shape index (κ1) is 13.0. The molecule has 18 heavy (non-hydrogen) atoms. The van der Waals surface area contributed by atoms with Gasteiger partial charge < -0.3 is 10.2 Å². The van der Waals surface area contributed by atoms with Gasteiger partial charge in [-0.3, -0.25) is 4.79 Å². The molecule has 6 heteroatoms. The number of rotatable bonds is 5. The average molecular weight is 251 g/mol. The largest absolute Gasteiger partial charge is 0.356 e. The molecule has 1 saturated heterocycles. The van der Waals surface area contributed by atoms with Gasteiger partial charge in [-0.1, -0.05) is 0 Å². The minimum atomic E-state index is 0.0248. The van der Waals surface area contributed by atoms with Crippen LogP contribution in [0.3, 0.4) is 0 Å². The monoisotopic (exact) mass is 251 g/mol. The van der Waals surface area contributed by atoms with E-state index < -0.39 is 0 Å². The molecule has 1 amide bonds. The third-order valence-corrected chi connectivity index (χ3v) is 3.52. The van der Waals surface area contributed by atoms with Crippen molar-refractivity contribution in [1.29, 1.82) is 0 Å². The summed E-state index contributed by atoms with van der Waals surface area (Å²) in [6.45, 7) is 3.13. The number of piperidine rings is 1. The molecule has 0 saturated carbocycles. The number of hydrogen-bond acceptors (Lipinski definition) is 4. The van der Waals surface area contributed by atoms with Crippen LogP contribution in [0.2, 0.25) is 0 Å². The van der Waals surface area contributed by atoms with Crippen molar-refractivity contribution in [3.8, 4) is 0 Å². The molecule has 0 bridgehead atoms. The zero-order chi connectivity index (χ0) is 12.8. The lowest BCUT2D eigenvalue weighted by molar-refractivity contribution is -0.120. The van der Waals surface area contributed by atoms with Crippen LogP contribution in [0.25, 0.3) is 0 Å². The predicted molar refractivity (Wildman–Crippen MR) is 67.9 cm³/mol. The second-order valence-corrected chi connectivity index (χ2v) is 5.02. The molecule has 0 atom stereocenters. The van der Waals surface area contributed by atoms with Crippen molar-refractivity contribution in [2.75, 3.05) is 26.7 Å². The van der Waals surface area contributed by atoms with Crippen LogP contribution in [0, 0.1) is 5.92 Å². The van der Waals surface area contributed by atoms with Crippen molar-refractivity contribution in [2.45, 2.75) is 25.7 Å². The normalized spacial score (nSPS) is 17.8. The Morgan fingerprint density at radius 1 is 1.56 bits per heavy atom. The van der Waals surface area contributed by atoms with Crippen molar-refractivity contribution in [3.05, 3.63) is 11.9 Å². The number of hydrogen-bond donors (Lipinski definition) is 2. The molecule has 0 aromatic carbocycles. The average Bonchev–Trinajstić information content (AvgIpc) is 2.84. The fourth-order valence-corrected chi connectivity index (χ4v) is 2.30. The minimum Gasteiger partial charge on any atom is -0.356 e. The van der Waals surface area contributed by atoms with Crippen LogP contribution in [0.5, 0.6) is 0 Å². The highest BCUT2D eigenvalue weighted by Crippen LogP contribution is 2.18. The van der Waals surface area contributed by atoms with Gasteiger partial charge in [0.15, 0.2) is 0 Å². The molecule has 2 rings (SSSR count). The Bertz CT molecular complexity index is 357. The molecule has 6 nitrogen and oxygen atoms in total. The second-order valence-electron chi connectivity index (χ2n) is 5.02. The van der Waals surface area contributed by atoms with Crippen LogP contribution in [0.1, 0.15) is 25.0 Å². The van der Waals surface area contributed by atoms with Gasteiger partial charge in [0.1, 0.15) is 0 Å². The molecular weight excluding hydrogens is 230 g/mol. The van der Waals surface area contributed by atoms with Gasteiger partial charge in [-0.2, -0.15) is 15.4 Å². The van der Waals surface area contributed by atoms with E-state index in [1.807, 2.05) is 0 Å². The van der Waals surface area contributed by atoms with Gasteiger partial charge in [-0.15, -0.1) is 0 Å². The molecule has 1 fully saturated rings. The summed E-state index contributed by atoms with van der Waals surface area (Å²) in [6, 6.07) is 0. The highest BCUT2D eigenvalue weighted by molar-refractivity contribution is 5.77. The quantitative estimate of drug-likeness (QED) is 0.784. The lowest BCUT2D eigenvalue weighted by atomic mass is 9.94. The third-order valence-electron chi connectivity index (χ3n) is 3.52. The third kappa shape index (κ3) is 4.10. The maximum atomic E-state index is 11.6. The number of amides is 1. The van der Waals surface area contributed by atoms with Crippen LogP contribution < -0.4 is 5.32 Å². The summed E-state index contributed by atoms with van der Waals surface area (Å²) < 4.78 is 0. The van der Waals surface area contributed by atoms with E-state index in [0.29, 0.717) is 12.1 Å². The van der Waals surface area contributed by atoms with Gasteiger partial charge in [0.05, 0.1) is 18.3 Å². The molecule has 0 unspecified atom stereocenters. The van der Waals surface area contributed by atoms with Gasteiger partial charge in [-0.05, 0) is 45.3 Å². The Morgan fingerprint density at radius 2 is 2.33 bits per heavy atom. The molecule has 0 spiro atoms. The molecule has 0 radical (unpaired) electrons. The summed E-state index contributed by atoms with van der Waals surface area (Å²) in [6.07, 6.45) is 5.46. The highest BCUT2D eigenvalue weighted by atomic mass is 16.1. The van der Waals surface area contributed by atoms with Crippen molar-refractivity contribution in [1.82, 2.24) is 25.6 Å². The Balaban J connectivity index is 1.59. The summed E-state index contributed by atoms with van der Waals surface area (Å²) >= 11 is 0. The zero-order valence-corrected chi connectivity index (χ0v) is 10.9. The lowest BCUT2D eigenvalue weighted by Crippen LogP contribution is -2.33. The smallest absolute Gasteiger partial charge is 0.226 e. The number of aromatic amines is 1. The molecular formula is C12H21N5O. The molecule has 2 heterocycles. The van der Waals surface area contributed by atoms with E-state index in [1.165, 1.54) is 25.9 Å². The van der Waals surface area contributed by atoms with E-state index in [9.17, 15) is 4.79 Å². The predicted octanol–water partition coefficient (Wildman–Crippen LogP) is 0.195. The molecule has 1 aromatic heterocycles. The van der Waals surface area contributed by atoms with Crippen molar-refractivity contribution < 1.29 is 4.79 Å². The number of carbonyl (C=O) groups excluding carboxylic acids is 1. The van der Waals surface area contributed by atoms with E-state index in [0.717, 1.165) is 18.9 Å². The Morgan fingerprint density at radius 3 is 3.00 bits per heavy atom. The van der Waals surface area contributed by atoms with Crippen LogP contribution in [0.15, 0.2) is 6.20 Å². The number of aromatic nitrogens is 3. The SMILES string of the molecule is CN1CCC(CCNC(=O)Cc2cn[nH]n2)CC1. The number of nitrogens with zero attached hydrogens (tertiary/aromatic N) is 3. The Kier molecular flexibility index (Phi) is 4.69. The number of likely N-dealkylation sites (tertiary alicyclic amines) is 1. The molecule has 1 aliphatic rings. The molecule has 1 aliphatic heterocycles. The first-order chi connectivity index (χ1) is 8.74. The van der Waals surface area contributed by atoms with E-state index in [1.54, 1.807) is 6.20 Å². The first-order valence-corrected chi connectivity index (χ1v) is 6.54. The van der Waals surface area contributed by atoms with Crippen molar-refractivity contribution in [2.24, 2.45) is 5.92 Å². The number of nitrogens with one attached hydrogen (secondary N) is 2. The van der Waals surface area contributed by atoms with E-state index in [2.05, 4.69) is 32.7 Å². The highest BCUT2D eigenvalue weighted by Gasteiger charge is 2.16. The molecule has 0 aliphatic carbocycles. The lowest BCUT2D eigenvalue weighted by Gasteiger charge is -2.28. The van der Waals surface area contributed by atoms with Crippen LogP contribution in [0.4, 0.5) is 0 Å². The first-order valence-electron chi connectivity index (χ1n) is 6.54. The van der Waals surface area contributed by atoms with Crippen LogP contribution in [-0.4, -0.2) is 52.9 Å². The maximum absolute atomic E-state index is 11.6. The topological polar surface area (TPSA) is 73.9 Å².